The molecule has 2 heteroatoms. The molecule has 1 aliphatic carbocycles. The predicted molar refractivity (Wildman–Crippen MR) is 52.0 cm³/mol. The van der Waals surface area contributed by atoms with Crippen molar-refractivity contribution in [3.05, 3.63) is 12.7 Å². The van der Waals surface area contributed by atoms with Crippen LogP contribution in [0.5, 0.6) is 0 Å². The predicted octanol–water partition coefficient (Wildman–Crippen LogP) is 2.40. The Morgan fingerprint density at radius 1 is 1.46 bits per heavy atom. The zero-order valence-electron chi connectivity index (χ0n) is 8.00. The summed E-state index contributed by atoms with van der Waals surface area (Å²) >= 11 is 0. The highest BCUT2D eigenvalue weighted by molar-refractivity contribution is 5.01. The molecule has 1 atom stereocenters. The monoisotopic (exact) mass is 179 g/mol. The Labute approximate surface area is 79.9 Å². The lowest BCUT2D eigenvalue weighted by atomic mass is 9.71. The minimum absolute atomic E-state index is 0.0351. The largest absolute Gasteiger partial charge is 0.378 e. The van der Waals surface area contributed by atoms with Crippen LogP contribution in [-0.2, 0) is 0 Å². The molecule has 1 fully saturated rings. The van der Waals surface area contributed by atoms with Gasteiger partial charge in [0.2, 0.25) is 0 Å². The van der Waals surface area contributed by atoms with E-state index in [-0.39, 0.29) is 5.41 Å². The van der Waals surface area contributed by atoms with Crippen LogP contribution in [0.15, 0.2) is 12.7 Å². The lowest BCUT2D eigenvalue weighted by molar-refractivity contribution is 0.135. The van der Waals surface area contributed by atoms with E-state index in [0.717, 1.165) is 12.8 Å². The number of hydrogen-bond donors (Lipinski definition) is 1. The van der Waals surface area contributed by atoms with Gasteiger partial charge in [0.05, 0.1) is 6.07 Å². The highest BCUT2D eigenvalue weighted by Gasteiger charge is 2.30. The fourth-order valence-electron chi connectivity index (χ4n) is 2.18. The summed E-state index contributed by atoms with van der Waals surface area (Å²) in [7, 11) is 0. The van der Waals surface area contributed by atoms with Crippen LogP contribution in [-0.4, -0.2) is 11.2 Å². The molecule has 13 heavy (non-hydrogen) atoms. The van der Waals surface area contributed by atoms with Crippen LogP contribution in [0, 0.1) is 16.7 Å². The summed E-state index contributed by atoms with van der Waals surface area (Å²) in [5, 5.41) is 17.8. The third kappa shape index (κ3) is 2.57. The van der Waals surface area contributed by atoms with E-state index in [0.29, 0.717) is 6.42 Å². The smallest absolute Gasteiger partial charge is 0.141 e. The molecule has 72 valence electrons. The minimum atomic E-state index is -0.823. The Morgan fingerprint density at radius 2 is 2.08 bits per heavy atom. The van der Waals surface area contributed by atoms with E-state index >= 15 is 0 Å². The van der Waals surface area contributed by atoms with Gasteiger partial charge in [-0.15, -0.1) is 6.58 Å². The van der Waals surface area contributed by atoms with Gasteiger partial charge in [0, 0.05) is 0 Å². The Morgan fingerprint density at radius 3 is 2.54 bits per heavy atom. The second-order valence-corrected chi connectivity index (χ2v) is 3.98. The molecule has 0 bridgehead atoms. The summed E-state index contributed by atoms with van der Waals surface area (Å²) in [5.74, 6) is 0. The molecule has 1 saturated carbocycles. The number of nitriles is 1. The molecule has 0 radical (unpaired) electrons. The topological polar surface area (TPSA) is 44.0 Å². The molecule has 2 nitrogen and oxygen atoms in total. The zero-order valence-corrected chi connectivity index (χ0v) is 8.00. The van der Waals surface area contributed by atoms with Crippen molar-refractivity contribution in [3.63, 3.8) is 0 Å². The zero-order chi connectivity index (χ0) is 9.73. The maximum Gasteiger partial charge on any atom is 0.141 e. The highest BCUT2D eigenvalue weighted by atomic mass is 16.3. The van der Waals surface area contributed by atoms with Crippen molar-refractivity contribution in [1.29, 1.82) is 5.26 Å². The van der Waals surface area contributed by atoms with Crippen molar-refractivity contribution in [2.45, 2.75) is 44.6 Å². The fourth-order valence-corrected chi connectivity index (χ4v) is 2.18. The van der Waals surface area contributed by atoms with E-state index in [1.807, 2.05) is 12.1 Å². The molecule has 1 rings (SSSR count). The number of hydrogen-bond acceptors (Lipinski definition) is 2. The van der Waals surface area contributed by atoms with Crippen molar-refractivity contribution >= 4 is 0 Å². The third-order valence-corrected chi connectivity index (χ3v) is 3.03. The number of rotatable bonds is 3. The van der Waals surface area contributed by atoms with Crippen molar-refractivity contribution in [2.75, 3.05) is 0 Å². The molecular weight excluding hydrogens is 162 g/mol. The first-order chi connectivity index (χ1) is 6.22. The molecule has 1 aliphatic rings. The molecule has 0 aromatic carbocycles. The van der Waals surface area contributed by atoms with Crippen molar-refractivity contribution in [1.82, 2.24) is 0 Å². The first kappa shape index (κ1) is 10.3. The normalized spacial score (nSPS) is 23.1. The molecule has 0 amide bonds. The van der Waals surface area contributed by atoms with Gasteiger partial charge in [0.25, 0.3) is 0 Å². The Kier molecular flexibility index (Phi) is 3.50. The molecule has 0 saturated heterocycles. The van der Waals surface area contributed by atoms with Crippen LogP contribution in [0.25, 0.3) is 0 Å². The second-order valence-electron chi connectivity index (χ2n) is 3.98. The number of aliphatic hydroxyl groups is 1. The van der Waals surface area contributed by atoms with Gasteiger partial charge >= 0.3 is 0 Å². The lowest BCUT2D eigenvalue weighted by Gasteiger charge is -2.34. The SMILES string of the molecule is C=CC1(C[C@@H](O)C#N)CCCCC1. The summed E-state index contributed by atoms with van der Waals surface area (Å²) in [6.07, 6.45) is 7.51. The van der Waals surface area contributed by atoms with Gasteiger partial charge in [0.1, 0.15) is 6.10 Å². The molecule has 0 heterocycles. The number of nitrogens with zero attached hydrogens (tertiary/aromatic N) is 1. The van der Waals surface area contributed by atoms with Crippen LogP contribution < -0.4 is 0 Å². The maximum absolute atomic E-state index is 9.30. The molecule has 0 spiro atoms. The Hall–Kier alpha value is -0.810. The highest BCUT2D eigenvalue weighted by Crippen LogP contribution is 2.40. The van der Waals surface area contributed by atoms with Gasteiger partial charge in [-0.25, -0.2) is 0 Å². The molecule has 0 aromatic heterocycles. The molecule has 0 aromatic rings. The van der Waals surface area contributed by atoms with Crippen LogP contribution in [0.3, 0.4) is 0 Å². The third-order valence-electron chi connectivity index (χ3n) is 3.03. The quantitative estimate of drug-likeness (QED) is 0.534. The average Bonchev–Trinajstić information content (AvgIpc) is 2.19. The maximum atomic E-state index is 9.30. The van der Waals surface area contributed by atoms with E-state index in [9.17, 15) is 5.11 Å². The van der Waals surface area contributed by atoms with Gasteiger partial charge < -0.3 is 5.11 Å². The van der Waals surface area contributed by atoms with Crippen LogP contribution in [0.4, 0.5) is 0 Å². The Bertz CT molecular complexity index is 211. The standard InChI is InChI=1S/C11H17NO/c1-2-11(8-10(13)9-12)6-4-3-5-7-11/h2,10,13H,1,3-8H2/t10-/m1/s1. The molecule has 0 aliphatic heterocycles. The summed E-state index contributed by atoms with van der Waals surface area (Å²) in [4.78, 5) is 0. The van der Waals surface area contributed by atoms with E-state index in [1.165, 1.54) is 19.3 Å². The van der Waals surface area contributed by atoms with Crippen molar-refractivity contribution < 1.29 is 5.11 Å². The lowest BCUT2D eigenvalue weighted by Crippen LogP contribution is -2.26. The van der Waals surface area contributed by atoms with Gasteiger partial charge in [-0.3, -0.25) is 0 Å². The fraction of sp³-hybridized carbons (Fsp3) is 0.727. The van der Waals surface area contributed by atoms with Crippen molar-refractivity contribution in [3.8, 4) is 6.07 Å². The summed E-state index contributed by atoms with van der Waals surface area (Å²) in [6, 6.07) is 1.88. The van der Waals surface area contributed by atoms with E-state index in [1.54, 1.807) is 0 Å². The molecular formula is C11H17NO. The summed E-state index contributed by atoms with van der Waals surface area (Å²) < 4.78 is 0. The average molecular weight is 179 g/mol. The van der Waals surface area contributed by atoms with E-state index in [2.05, 4.69) is 6.58 Å². The van der Waals surface area contributed by atoms with Gasteiger partial charge in [0.15, 0.2) is 0 Å². The minimum Gasteiger partial charge on any atom is -0.378 e. The van der Waals surface area contributed by atoms with Gasteiger partial charge in [-0.1, -0.05) is 25.3 Å². The summed E-state index contributed by atoms with van der Waals surface area (Å²) in [5.41, 5.74) is 0.0351. The second kappa shape index (κ2) is 4.43. The molecule has 1 N–H and O–H groups in total. The van der Waals surface area contributed by atoms with Gasteiger partial charge in [-0.2, -0.15) is 5.26 Å². The van der Waals surface area contributed by atoms with E-state index < -0.39 is 6.10 Å². The first-order valence-corrected chi connectivity index (χ1v) is 4.94. The number of aliphatic hydroxyl groups excluding tert-OH is 1. The van der Waals surface area contributed by atoms with Crippen LogP contribution in [0.1, 0.15) is 38.5 Å². The van der Waals surface area contributed by atoms with E-state index in [4.69, 9.17) is 5.26 Å². The Balaban J connectivity index is 2.58. The molecule has 0 unspecified atom stereocenters. The number of allylic oxidation sites excluding steroid dienone is 1. The van der Waals surface area contributed by atoms with Crippen molar-refractivity contribution in [2.24, 2.45) is 5.41 Å². The first-order valence-electron chi connectivity index (χ1n) is 4.94. The summed E-state index contributed by atoms with van der Waals surface area (Å²) in [6.45, 7) is 3.82. The van der Waals surface area contributed by atoms with Crippen LogP contribution in [0.2, 0.25) is 0 Å². The van der Waals surface area contributed by atoms with Crippen LogP contribution >= 0.6 is 0 Å². The van der Waals surface area contributed by atoms with Gasteiger partial charge in [-0.05, 0) is 24.7 Å².